The molecule has 2 rings (SSSR count). The van der Waals surface area contributed by atoms with Crippen molar-refractivity contribution in [1.82, 2.24) is 0 Å². The monoisotopic (exact) mass is 294 g/mol. The van der Waals surface area contributed by atoms with E-state index in [2.05, 4.69) is 0 Å². The van der Waals surface area contributed by atoms with Gasteiger partial charge < -0.3 is 9.84 Å². The summed E-state index contributed by atoms with van der Waals surface area (Å²) in [4.78, 5) is 0. The zero-order valence-electron chi connectivity index (χ0n) is 11.6. The third kappa shape index (κ3) is 2.79. The van der Waals surface area contributed by atoms with E-state index in [-0.39, 0.29) is 5.82 Å². The SMILES string of the molecule is COc1ccc(Cl)cc1C(O)c1cc(C)c(F)c(C)c1. The molecule has 0 amide bonds. The molecule has 0 heterocycles. The van der Waals surface area contributed by atoms with Gasteiger partial charge in [0.05, 0.1) is 7.11 Å². The molecule has 2 aromatic rings. The van der Waals surface area contributed by atoms with Gasteiger partial charge in [-0.2, -0.15) is 0 Å². The molecule has 106 valence electrons. The van der Waals surface area contributed by atoms with Crippen molar-refractivity contribution in [3.05, 3.63) is 63.4 Å². The van der Waals surface area contributed by atoms with Crippen molar-refractivity contribution in [2.45, 2.75) is 20.0 Å². The zero-order chi connectivity index (χ0) is 14.9. The van der Waals surface area contributed by atoms with Crippen molar-refractivity contribution >= 4 is 11.6 Å². The van der Waals surface area contributed by atoms with E-state index in [0.717, 1.165) is 0 Å². The number of hydrogen-bond donors (Lipinski definition) is 1. The summed E-state index contributed by atoms with van der Waals surface area (Å²) in [5, 5.41) is 11.0. The maximum atomic E-state index is 13.7. The summed E-state index contributed by atoms with van der Waals surface area (Å²) in [6, 6.07) is 8.31. The molecule has 0 aliphatic heterocycles. The quantitative estimate of drug-likeness (QED) is 0.920. The molecule has 2 aromatic carbocycles. The van der Waals surface area contributed by atoms with Crippen LogP contribution >= 0.6 is 11.6 Å². The Morgan fingerprint density at radius 3 is 2.30 bits per heavy atom. The third-order valence-corrected chi connectivity index (χ3v) is 3.50. The number of methoxy groups -OCH3 is 1. The fourth-order valence-electron chi connectivity index (χ4n) is 2.24. The predicted molar refractivity (Wildman–Crippen MR) is 77.9 cm³/mol. The molecule has 1 atom stereocenters. The number of aliphatic hydroxyl groups is 1. The number of aliphatic hydroxyl groups excluding tert-OH is 1. The maximum absolute atomic E-state index is 13.7. The van der Waals surface area contributed by atoms with E-state index >= 15 is 0 Å². The average molecular weight is 295 g/mol. The highest BCUT2D eigenvalue weighted by Crippen LogP contribution is 2.33. The van der Waals surface area contributed by atoms with Crippen LogP contribution in [-0.2, 0) is 0 Å². The molecule has 1 N–H and O–H groups in total. The number of ether oxygens (including phenoxy) is 1. The number of aryl methyl sites for hydroxylation is 2. The van der Waals surface area contributed by atoms with Crippen LogP contribution < -0.4 is 4.74 Å². The zero-order valence-corrected chi connectivity index (χ0v) is 12.3. The van der Waals surface area contributed by atoms with Crippen molar-refractivity contribution in [3.63, 3.8) is 0 Å². The van der Waals surface area contributed by atoms with Gasteiger partial charge in [0.15, 0.2) is 0 Å². The van der Waals surface area contributed by atoms with Crippen molar-refractivity contribution in [2.24, 2.45) is 0 Å². The van der Waals surface area contributed by atoms with Crippen LogP contribution in [0.5, 0.6) is 5.75 Å². The Hall–Kier alpha value is -1.58. The summed E-state index contributed by atoms with van der Waals surface area (Å²) in [6.45, 7) is 3.35. The number of halogens is 2. The second kappa shape index (κ2) is 5.81. The summed E-state index contributed by atoms with van der Waals surface area (Å²) in [5.41, 5.74) is 2.17. The molecular formula is C16H16ClFO2. The van der Waals surface area contributed by atoms with E-state index in [0.29, 0.717) is 33.0 Å². The van der Waals surface area contributed by atoms with Crippen LogP contribution in [0.3, 0.4) is 0 Å². The Labute approximate surface area is 122 Å². The lowest BCUT2D eigenvalue weighted by molar-refractivity contribution is 0.214. The van der Waals surface area contributed by atoms with E-state index in [1.165, 1.54) is 7.11 Å². The van der Waals surface area contributed by atoms with Crippen LogP contribution in [0.2, 0.25) is 5.02 Å². The molecule has 20 heavy (non-hydrogen) atoms. The molecule has 0 radical (unpaired) electrons. The first-order valence-corrected chi connectivity index (χ1v) is 6.60. The molecule has 2 nitrogen and oxygen atoms in total. The van der Waals surface area contributed by atoms with Crippen LogP contribution in [0.4, 0.5) is 4.39 Å². The average Bonchev–Trinajstić information content (AvgIpc) is 2.43. The van der Waals surface area contributed by atoms with Crippen LogP contribution in [0, 0.1) is 19.7 Å². The number of benzene rings is 2. The van der Waals surface area contributed by atoms with Gasteiger partial charge in [-0.3, -0.25) is 0 Å². The summed E-state index contributed by atoms with van der Waals surface area (Å²) < 4.78 is 18.9. The van der Waals surface area contributed by atoms with Gasteiger partial charge in [-0.25, -0.2) is 4.39 Å². The standard InChI is InChI=1S/C16H16ClFO2/c1-9-6-11(7-10(2)15(9)18)16(19)13-8-12(17)4-5-14(13)20-3/h4-8,16,19H,1-3H3. The van der Waals surface area contributed by atoms with Crippen molar-refractivity contribution < 1.29 is 14.2 Å². The van der Waals surface area contributed by atoms with Gasteiger partial charge in [-0.15, -0.1) is 0 Å². The van der Waals surface area contributed by atoms with Crippen molar-refractivity contribution in [2.75, 3.05) is 7.11 Å². The first-order chi connectivity index (χ1) is 9.43. The fraction of sp³-hybridized carbons (Fsp3) is 0.250. The molecule has 0 aromatic heterocycles. The minimum Gasteiger partial charge on any atom is -0.496 e. The second-order valence-electron chi connectivity index (χ2n) is 4.76. The largest absolute Gasteiger partial charge is 0.496 e. The molecule has 0 saturated carbocycles. The van der Waals surface area contributed by atoms with E-state index in [1.807, 2.05) is 0 Å². The van der Waals surface area contributed by atoms with Gasteiger partial charge in [0.1, 0.15) is 17.7 Å². The Bertz CT molecular complexity index is 617. The van der Waals surface area contributed by atoms with Crippen molar-refractivity contribution in [1.29, 1.82) is 0 Å². The molecule has 0 fully saturated rings. The van der Waals surface area contributed by atoms with E-state index in [9.17, 15) is 9.50 Å². The molecule has 0 saturated heterocycles. The fourth-order valence-corrected chi connectivity index (χ4v) is 2.42. The summed E-state index contributed by atoms with van der Waals surface area (Å²) in [6.07, 6.45) is -0.915. The van der Waals surface area contributed by atoms with E-state index in [1.54, 1.807) is 44.2 Å². The Kier molecular flexibility index (Phi) is 4.31. The molecule has 0 aliphatic rings. The van der Waals surface area contributed by atoms with Gasteiger partial charge >= 0.3 is 0 Å². The van der Waals surface area contributed by atoms with E-state index < -0.39 is 6.10 Å². The predicted octanol–water partition coefficient (Wildman–Crippen LogP) is 4.19. The highest BCUT2D eigenvalue weighted by Gasteiger charge is 2.18. The van der Waals surface area contributed by atoms with Crippen LogP contribution in [0.15, 0.2) is 30.3 Å². The molecule has 0 bridgehead atoms. The molecule has 4 heteroatoms. The lowest BCUT2D eigenvalue weighted by Crippen LogP contribution is -2.04. The highest BCUT2D eigenvalue weighted by atomic mass is 35.5. The van der Waals surface area contributed by atoms with Gasteiger partial charge in [0, 0.05) is 10.6 Å². The molecule has 0 aliphatic carbocycles. The van der Waals surface area contributed by atoms with E-state index in [4.69, 9.17) is 16.3 Å². The van der Waals surface area contributed by atoms with Gasteiger partial charge in [-0.05, 0) is 48.7 Å². The molecule has 1 unspecified atom stereocenters. The lowest BCUT2D eigenvalue weighted by Gasteiger charge is -2.17. The molecule has 0 spiro atoms. The normalized spacial score (nSPS) is 12.3. The minimum absolute atomic E-state index is 0.251. The molecular weight excluding hydrogens is 279 g/mol. The number of hydrogen-bond acceptors (Lipinski definition) is 2. The second-order valence-corrected chi connectivity index (χ2v) is 5.19. The summed E-state index contributed by atoms with van der Waals surface area (Å²) in [7, 11) is 1.53. The summed E-state index contributed by atoms with van der Waals surface area (Å²) in [5.74, 6) is 0.292. The van der Waals surface area contributed by atoms with Gasteiger partial charge in [0.25, 0.3) is 0 Å². The Balaban J connectivity index is 2.51. The van der Waals surface area contributed by atoms with Crippen LogP contribution in [0.1, 0.15) is 28.4 Å². The highest BCUT2D eigenvalue weighted by molar-refractivity contribution is 6.30. The van der Waals surface area contributed by atoms with Crippen molar-refractivity contribution in [3.8, 4) is 5.75 Å². The summed E-state index contributed by atoms with van der Waals surface area (Å²) >= 11 is 5.97. The number of rotatable bonds is 3. The smallest absolute Gasteiger partial charge is 0.129 e. The topological polar surface area (TPSA) is 29.5 Å². The van der Waals surface area contributed by atoms with Gasteiger partial charge in [0.2, 0.25) is 0 Å². The Morgan fingerprint density at radius 2 is 1.75 bits per heavy atom. The maximum Gasteiger partial charge on any atom is 0.129 e. The first-order valence-electron chi connectivity index (χ1n) is 6.22. The minimum atomic E-state index is -0.915. The Morgan fingerprint density at radius 1 is 1.15 bits per heavy atom. The lowest BCUT2D eigenvalue weighted by atomic mass is 9.97. The van der Waals surface area contributed by atoms with Crippen LogP contribution in [0.25, 0.3) is 0 Å². The van der Waals surface area contributed by atoms with Crippen LogP contribution in [-0.4, -0.2) is 12.2 Å². The first kappa shape index (κ1) is 14.8. The van der Waals surface area contributed by atoms with Gasteiger partial charge in [-0.1, -0.05) is 23.7 Å². The third-order valence-electron chi connectivity index (χ3n) is 3.26.